The number of halogens is 4. The number of hydrogen-bond acceptors (Lipinski definition) is 2. The van der Waals surface area contributed by atoms with Gasteiger partial charge in [-0.05, 0) is 94.1 Å². The van der Waals surface area contributed by atoms with E-state index in [9.17, 15) is 13.2 Å². The van der Waals surface area contributed by atoms with E-state index in [4.69, 9.17) is 9.47 Å². The highest BCUT2D eigenvalue weighted by Gasteiger charge is 2.44. The van der Waals surface area contributed by atoms with E-state index in [0.717, 1.165) is 50.9 Å². The van der Waals surface area contributed by atoms with E-state index >= 15 is 4.39 Å². The predicted octanol–water partition coefficient (Wildman–Crippen LogP) is 8.10. The van der Waals surface area contributed by atoms with Crippen molar-refractivity contribution in [3.05, 3.63) is 35.5 Å². The van der Waals surface area contributed by atoms with Gasteiger partial charge in [0, 0.05) is 18.3 Å². The van der Waals surface area contributed by atoms with Crippen LogP contribution in [0.3, 0.4) is 0 Å². The Morgan fingerprint density at radius 2 is 1.65 bits per heavy atom. The molecule has 2 nitrogen and oxygen atoms in total. The molecule has 1 aliphatic heterocycles. The first-order chi connectivity index (χ1) is 16.3. The van der Waals surface area contributed by atoms with E-state index in [2.05, 4.69) is 24.3 Å². The molecule has 2 fully saturated rings. The zero-order valence-corrected chi connectivity index (χ0v) is 20.4. The molecule has 0 aromatic carbocycles. The van der Waals surface area contributed by atoms with E-state index in [1.807, 2.05) is 6.92 Å². The van der Waals surface area contributed by atoms with Crippen LogP contribution in [0.2, 0.25) is 0 Å². The molecule has 0 amide bonds. The fourth-order valence-electron chi connectivity index (χ4n) is 6.38. The summed E-state index contributed by atoms with van der Waals surface area (Å²) in [6.45, 7) is 3.56. The van der Waals surface area contributed by atoms with Crippen LogP contribution in [-0.2, 0) is 9.47 Å². The third-order valence-electron chi connectivity index (χ3n) is 8.57. The van der Waals surface area contributed by atoms with E-state index in [1.54, 1.807) is 0 Å². The third kappa shape index (κ3) is 6.54. The van der Waals surface area contributed by atoms with E-state index in [1.165, 1.54) is 5.57 Å². The Morgan fingerprint density at radius 3 is 2.24 bits per heavy atom. The first kappa shape index (κ1) is 25.9. The Balaban J connectivity index is 1.23. The fourth-order valence-corrected chi connectivity index (χ4v) is 6.38. The molecular formula is C28H40F4O2. The molecule has 4 aliphatic rings. The minimum atomic E-state index is -4.10. The van der Waals surface area contributed by atoms with Gasteiger partial charge in [-0.25, -0.2) is 4.39 Å². The third-order valence-corrected chi connectivity index (χ3v) is 8.57. The molecule has 4 rings (SSSR count). The topological polar surface area (TPSA) is 18.5 Å². The number of alkyl halides is 4. The second-order valence-electron chi connectivity index (χ2n) is 10.8. The average molecular weight is 485 g/mol. The maximum Gasteiger partial charge on any atom is 0.391 e. The minimum absolute atomic E-state index is 0.0820. The van der Waals surface area contributed by atoms with Gasteiger partial charge in [0.15, 0.2) is 6.29 Å². The van der Waals surface area contributed by atoms with Gasteiger partial charge in [0.2, 0.25) is 0 Å². The van der Waals surface area contributed by atoms with Gasteiger partial charge in [-0.1, -0.05) is 24.3 Å². The summed E-state index contributed by atoms with van der Waals surface area (Å²) in [5, 5.41) is 0. The Labute approximate surface area is 201 Å². The van der Waals surface area contributed by atoms with Crippen LogP contribution in [0.4, 0.5) is 17.6 Å². The van der Waals surface area contributed by atoms with Crippen molar-refractivity contribution in [3.8, 4) is 0 Å². The van der Waals surface area contributed by atoms with Crippen molar-refractivity contribution in [2.45, 2.75) is 96.2 Å². The summed E-state index contributed by atoms with van der Waals surface area (Å²) in [5.41, 5.74) is 2.36. The lowest BCUT2D eigenvalue weighted by Gasteiger charge is -2.38. The van der Waals surface area contributed by atoms with Gasteiger partial charge in [-0.3, -0.25) is 0 Å². The molecule has 1 heterocycles. The first-order valence-electron chi connectivity index (χ1n) is 13.3. The normalized spacial score (nSPS) is 38.0. The van der Waals surface area contributed by atoms with Gasteiger partial charge < -0.3 is 9.47 Å². The molecule has 1 saturated carbocycles. The SMILES string of the molecule is C/C=C/CCC1COC(C2CC=C(C3=CCC(C4CCC(C(F)(F)F)CC4)C(F)C3)CC2)OC1. The number of rotatable bonds is 6. The van der Waals surface area contributed by atoms with Crippen LogP contribution < -0.4 is 0 Å². The Morgan fingerprint density at radius 1 is 0.941 bits per heavy atom. The summed E-state index contributed by atoms with van der Waals surface area (Å²) in [5.74, 6) is -0.425. The maximum atomic E-state index is 15.1. The van der Waals surface area contributed by atoms with Gasteiger partial charge in [0.25, 0.3) is 0 Å². The lowest BCUT2D eigenvalue weighted by atomic mass is 9.69. The largest absolute Gasteiger partial charge is 0.391 e. The standard InChI is InChI=1S/C28H40F4O2/c1-2-3-4-5-19-17-33-27(34-18-19)22-8-6-20(7-9-22)23-12-15-25(26(29)16-23)21-10-13-24(14-11-21)28(30,31)32/h2-3,6,12,19,21-22,24-27H,4-5,7-11,13-18H2,1H3/b3-2+. The highest BCUT2D eigenvalue weighted by Crippen LogP contribution is 2.46. The van der Waals surface area contributed by atoms with Crippen LogP contribution >= 0.6 is 0 Å². The van der Waals surface area contributed by atoms with Crippen molar-refractivity contribution < 1.29 is 27.0 Å². The van der Waals surface area contributed by atoms with Crippen LogP contribution in [0, 0.1) is 29.6 Å². The maximum absolute atomic E-state index is 15.1. The molecule has 0 spiro atoms. The summed E-state index contributed by atoms with van der Waals surface area (Å²) >= 11 is 0. The van der Waals surface area contributed by atoms with Gasteiger partial charge in [0.05, 0.1) is 19.1 Å². The molecular weight excluding hydrogens is 444 g/mol. The molecule has 0 bridgehead atoms. The predicted molar refractivity (Wildman–Crippen MR) is 126 cm³/mol. The van der Waals surface area contributed by atoms with Gasteiger partial charge in [-0.15, -0.1) is 0 Å². The summed E-state index contributed by atoms with van der Waals surface area (Å²) < 4.78 is 66.1. The summed E-state index contributed by atoms with van der Waals surface area (Å²) in [7, 11) is 0. The average Bonchev–Trinajstić information content (AvgIpc) is 2.84. The van der Waals surface area contributed by atoms with Crippen molar-refractivity contribution >= 4 is 0 Å². The molecule has 3 aliphatic carbocycles. The van der Waals surface area contributed by atoms with Crippen molar-refractivity contribution in [1.29, 1.82) is 0 Å². The second kappa shape index (κ2) is 11.7. The molecule has 0 aromatic rings. The highest BCUT2D eigenvalue weighted by molar-refractivity contribution is 5.34. The monoisotopic (exact) mass is 484 g/mol. The lowest BCUT2D eigenvalue weighted by molar-refractivity contribution is -0.225. The van der Waals surface area contributed by atoms with E-state index < -0.39 is 18.3 Å². The number of allylic oxidation sites excluding steroid dienone is 6. The second-order valence-corrected chi connectivity index (χ2v) is 10.8. The summed E-state index contributed by atoms with van der Waals surface area (Å²) in [6, 6.07) is 0. The smallest absolute Gasteiger partial charge is 0.352 e. The van der Waals surface area contributed by atoms with Crippen LogP contribution in [0.25, 0.3) is 0 Å². The molecule has 34 heavy (non-hydrogen) atoms. The van der Waals surface area contributed by atoms with Crippen molar-refractivity contribution in [3.63, 3.8) is 0 Å². The molecule has 0 aromatic heterocycles. The molecule has 0 N–H and O–H groups in total. The summed E-state index contributed by atoms with van der Waals surface area (Å²) in [4.78, 5) is 0. The molecule has 3 atom stereocenters. The van der Waals surface area contributed by atoms with Crippen molar-refractivity contribution in [2.75, 3.05) is 13.2 Å². The summed E-state index contributed by atoms with van der Waals surface area (Å²) in [6.07, 6.45) is 10.8. The lowest BCUT2D eigenvalue weighted by Crippen LogP contribution is -2.37. The molecule has 3 unspecified atom stereocenters. The van der Waals surface area contributed by atoms with E-state index in [0.29, 0.717) is 37.5 Å². The zero-order valence-electron chi connectivity index (χ0n) is 20.4. The van der Waals surface area contributed by atoms with Gasteiger partial charge in [0.1, 0.15) is 6.17 Å². The minimum Gasteiger partial charge on any atom is -0.352 e. The van der Waals surface area contributed by atoms with Crippen LogP contribution in [0.15, 0.2) is 35.5 Å². The van der Waals surface area contributed by atoms with Crippen molar-refractivity contribution in [2.24, 2.45) is 29.6 Å². The van der Waals surface area contributed by atoms with Crippen LogP contribution in [0.1, 0.15) is 77.6 Å². The Kier molecular flexibility index (Phi) is 8.95. The Bertz CT molecular complexity index is 740. The Hall–Kier alpha value is -1.14. The quantitative estimate of drug-likeness (QED) is 0.280. The van der Waals surface area contributed by atoms with Crippen molar-refractivity contribution in [1.82, 2.24) is 0 Å². The van der Waals surface area contributed by atoms with Crippen LogP contribution in [-0.4, -0.2) is 31.9 Å². The molecule has 1 saturated heterocycles. The molecule has 0 radical (unpaired) electrons. The van der Waals surface area contributed by atoms with Gasteiger partial charge >= 0.3 is 6.18 Å². The highest BCUT2D eigenvalue weighted by atomic mass is 19.4. The van der Waals surface area contributed by atoms with Gasteiger partial charge in [-0.2, -0.15) is 13.2 Å². The number of hydrogen-bond donors (Lipinski definition) is 0. The zero-order chi connectivity index (χ0) is 24.1. The molecule has 192 valence electrons. The van der Waals surface area contributed by atoms with E-state index in [-0.39, 0.29) is 31.0 Å². The first-order valence-corrected chi connectivity index (χ1v) is 13.3. The molecule has 6 heteroatoms. The fraction of sp³-hybridized carbons (Fsp3) is 0.786. The number of ether oxygens (including phenoxy) is 2. The van der Waals surface area contributed by atoms with Crippen LogP contribution in [0.5, 0.6) is 0 Å².